The van der Waals surface area contributed by atoms with Crippen molar-refractivity contribution < 1.29 is 4.74 Å². The van der Waals surface area contributed by atoms with Gasteiger partial charge in [-0.2, -0.15) is 0 Å². The summed E-state index contributed by atoms with van der Waals surface area (Å²) in [6.45, 7) is 4.06. The number of fused-ring (bicyclic) bond motifs is 1. The molecule has 0 radical (unpaired) electrons. The molecule has 0 atom stereocenters. The van der Waals surface area contributed by atoms with Crippen LogP contribution >= 0.6 is 0 Å². The molecule has 0 unspecified atom stereocenters. The number of aromatic nitrogens is 5. The third-order valence-electron chi connectivity index (χ3n) is 3.47. The molecular formula is C12H18N6O. The molecule has 1 aliphatic heterocycles. The molecule has 0 aromatic carbocycles. The maximum Gasteiger partial charge on any atom is 0.159 e. The molecule has 102 valence electrons. The minimum Gasteiger partial charge on any atom is -0.377 e. The Balaban J connectivity index is 1.71. The Kier molecular flexibility index (Phi) is 3.31. The van der Waals surface area contributed by atoms with Gasteiger partial charge in [0.1, 0.15) is 18.3 Å². The zero-order valence-electron chi connectivity index (χ0n) is 11.3. The maximum absolute atomic E-state index is 5.13. The van der Waals surface area contributed by atoms with Gasteiger partial charge in [0.05, 0.1) is 13.1 Å². The van der Waals surface area contributed by atoms with Crippen molar-refractivity contribution >= 4 is 0 Å². The van der Waals surface area contributed by atoms with Gasteiger partial charge < -0.3 is 13.9 Å². The summed E-state index contributed by atoms with van der Waals surface area (Å²) < 4.78 is 9.33. The molecule has 0 amide bonds. The lowest BCUT2D eigenvalue weighted by Crippen LogP contribution is -2.34. The Morgan fingerprint density at radius 2 is 2.16 bits per heavy atom. The van der Waals surface area contributed by atoms with Gasteiger partial charge in [0.25, 0.3) is 0 Å². The average Bonchev–Trinajstić information content (AvgIpc) is 2.98. The molecular weight excluding hydrogens is 244 g/mol. The van der Waals surface area contributed by atoms with Crippen molar-refractivity contribution in [3.05, 3.63) is 29.9 Å². The van der Waals surface area contributed by atoms with Crippen LogP contribution in [0.25, 0.3) is 0 Å². The van der Waals surface area contributed by atoms with Crippen LogP contribution in [0.15, 0.2) is 12.4 Å². The lowest BCUT2D eigenvalue weighted by molar-refractivity contribution is 0.163. The molecule has 0 aliphatic carbocycles. The van der Waals surface area contributed by atoms with E-state index in [9.17, 15) is 0 Å². The van der Waals surface area contributed by atoms with Crippen LogP contribution < -0.4 is 0 Å². The quantitative estimate of drug-likeness (QED) is 0.786. The monoisotopic (exact) mass is 262 g/mol. The second-order valence-electron chi connectivity index (χ2n) is 4.78. The fourth-order valence-corrected chi connectivity index (χ4v) is 2.39. The molecule has 0 fully saturated rings. The Bertz CT molecular complexity index is 560. The Morgan fingerprint density at radius 3 is 2.89 bits per heavy atom. The first-order valence-corrected chi connectivity index (χ1v) is 6.36. The van der Waals surface area contributed by atoms with E-state index < -0.39 is 0 Å². The number of hydrogen-bond acceptors (Lipinski definition) is 5. The van der Waals surface area contributed by atoms with E-state index in [2.05, 4.69) is 29.2 Å². The van der Waals surface area contributed by atoms with E-state index in [1.54, 1.807) is 7.11 Å². The topological polar surface area (TPSA) is 61.0 Å². The van der Waals surface area contributed by atoms with Gasteiger partial charge in [0.2, 0.25) is 0 Å². The van der Waals surface area contributed by atoms with Crippen LogP contribution in [0.4, 0.5) is 0 Å². The third kappa shape index (κ3) is 2.39. The number of rotatable bonds is 4. The van der Waals surface area contributed by atoms with Gasteiger partial charge in [-0.15, -0.1) is 10.2 Å². The van der Waals surface area contributed by atoms with Crippen molar-refractivity contribution in [2.24, 2.45) is 7.05 Å². The SMILES string of the molecule is COCc1nnc2n1CCN(Cc1nccn1C)C2. The smallest absolute Gasteiger partial charge is 0.159 e. The van der Waals surface area contributed by atoms with Crippen molar-refractivity contribution in [1.29, 1.82) is 0 Å². The first kappa shape index (κ1) is 12.3. The average molecular weight is 262 g/mol. The number of imidazole rings is 1. The van der Waals surface area contributed by atoms with Crippen LogP contribution in [-0.2, 0) is 38.0 Å². The van der Waals surface area contributed by atoms with Gasteiger partial charge >= 0.3 is 0 Å². The molecule has 19 heavy (non-hydrogen) atoms. The zero-order valence-corrected chi connectivity index (χ0v) is 11.3. The van der Waals surface area contributed by atoms with Crippen molar-refractivity contribution in [1.82, 2.24) is 29.2 Å². The van der Waals surface area contributed by atoms with Gasteiger partial charge in [0.15, 0.2) is 5.82 Å². The second kappa shape index (κ2) is 5.10. The summed E-state index contributed by atoms with van der Waals surface area (Å²) in [6, 6.07) is 0. The fourth-order valence-electron chi connectivity index (χ4n) is 2.39. The number of ether oxygens (including phenoxy) is 1. The predicted molar refractivity (Wildman–Crippen MR) is 68.1 cm³/mol. The highest BCUT2D eigenvalue weighted by Crippen LogP contribution is 2.14. The third-order valence-corrected chi connectivity index (χ3v) is 3.47. The van der Waals surface area contributed by atoms with Crippen LogP contribution in [-0.4, -0.2) is 42.9 Å². The molecule has 2 aromatic heterocycles. The molecule has 0 saturated carbocycles. The molecule has 3 heterocycles. The second-order valence-corrected chi connectivity index (χ2v) is 4.78. The molecule has 0 saturated heterocycles. The summed E-state index contributed by atoms with van der Waals surface area (Å²) in [4.78, 5) is 6.70. The lowest BCUT2D eigenvalue weighted by atomic mass is 10.3. The highest BCUT2D eigenvalue weighted by Gasteiger charge is 2.21. The highest BCUT2D eigenvalue weighted by atomic mass is 16.5. The molecule has 7 nitrogen and oxygen atoms in total. The van der Waals surface area contributed by atoms with Crippen molar-refractivity contribution in [3.8, 4) is 0 Å². The lowest BCUT2D eigenvalue weighted by Gasteiger charge is -2.27. The van der Waals surface area contributed by atoms with Gasteiger partial charge in [-0.25, -0.2) is 4.98 Å². The Hall–Kier alpha value is -1.73. The van der Waals surface area contributed by atoms with Crippen molar-refractivity contribution in [2.75, 3.05) is 13.7 Å². The van der Waals surface area contributed by atoms with E-state index in [4.69, 9.17) is 4.74 Å². The molecule has 3 rings (SSSR count). The van der Waals surface area contributed by atoms with Gasteiger partial charge in [-0.1, -0.05) is 0 Å². The number of aryl methyl sites for hydroxylation is 1. The minimum atomic E-state index is 0.520. The molecule has 0 N–H and O–H groups in total. The highest BCUT2D eigenvalue weighted by molar-refractivity contribution is 4.99. The normalized spacial score (nSPS) is 15.7. The number of hydrogen-bond donors (Lipinski definition) is 0. The van der Waals surface area contributed by atoms with Crippen LogP contribution in [0.3, 0.4) is 0 Å². The minimum absolute atomic E-state index is 0.520. The van der Waals surface area contributed by atoms with Crippen molar-refractivity contribution in [3.63, 3.8) is 0 Å². The summed E-state index contributed by atoms with van der Waals surface area (Å²) in [7, 11) is 3.70. The van der Waals surface area contributed by atoms with E-state index in [-0.39, 0.29) is 0 Å². The van der Waals surface area contributed by atoms with Gasteiger partial charge in [-0.3, -0.25) is 4.90 Å². The Labute approximate surface area is 111 Å². The molecule has 7 heteroatoms. The van der Waals surface area contributed by atoms with E-state index >= 15 is 0 Å². The summed E-state index contributed by atoms with van der Waals surface area (Å²) in [5.41, 5.74) is 0. The summed E-state index contributed by atoms with van der Waals surface area (Å²) in [5, 5.41) is 8.42. The van der Waals surface area contributed by atoms with Crippen LogP contribution in [0, 0.1) is 0 Å². The zero-order chi connectivity index (χ0) is 13.2. The van der Waals surface area contributed by atoms with Gasteiger partial charge in [0, 0.05) is 39.6 Å². The van der Waals surface area contributed by atoms with E-state index in [1.807, 2.05) is 19.4 Å². The van der Waals surface area contributed by atoms with Crippen LogP contribution in [0.5, 0.6) is 0 Å². The summed E-state index contributed by atoms with van der Waals surface area (Å²) in [6.07, 6.45) is 3.80. The number of nitrogens with zero attached hydrogens (tertiary/aromatic N) is 6. The van der Waals surface area contributed by atoms with Gasteiger partial charge in [-0.05, 0) is 0 Å². The largest absolute Gasteiger partial charge is 0.377 e. The van der Waals surface area contributed by atoms with Crippen molar-refractivity contribution in [2.45, 2.75) is 26.2 Å². The summed E-state index contributed by atoms with van der Waals surface area (Å²) >= 11 is 0. The number of methoxy groups -OCH3 is 1. The Morgan fingerprint density at radius 1 is 1.26 bits per heavy atom. The molecule has 2 aromatic rings. The first-order chi connectivity index (χ1) is 9.28. The van der Waals surface area contributed by atoms with E-state index in [0.717, 1.165) is 43.7 Å². The fraction of sp³-hybridized carbons (Fsp3) is 0.583. The molecule has 0 spiro atoms. The van der Waals surface area contributed by atoms with E-state index in [0.29, 0.717) is 6.61 Å². The molecule has 0 bridgehead atoms. The van der Waals surface area contributed by atoms with Crippen LogP contribution in [0.1, 0.15) is 17.5 Å². The molecule has 1 aliphatic rings. The first-order valence-electron chi connectivity index (χ1n) is 6.36. The predicted octanol–water partition coefficient (Wildman–Crippen LogP) is 0.174. The summed E-state index contributed by atoms with van der Waals surface area (Å²) in [5.74, 6) is 2.99. The maximum atomic E-state index is 5.13. The van der Waals surface area contributed by atoms with E-state index in [1.165, 1.54) is 0 Å². The van der Waals surface area contributed by atoms with Crippen LogP contribution in [0.2, 0.25) is 0 Å². The standard InChI is InChI=1S/C12H18N6O/c1-16-4-3-13-10(16)7-17-5-6-18-11(8-17)14-15-12(18)9-19-2/h3-4H,5-9H2,1-2H3.